The van der Waals surface area contributed by atoms with Crippen molar-refractivity contribution in [3.05, 3.63) is 155 Å². The van der Waals surface area contributed by atoms with Gasteiger partial charge in [0.1, 0.15) is 29.9 Å². The van der Waals surface area contributed by atoms with Gasteiger partial charge < -0.3 is 45.3 Å². The number of nitrogens with two attached hydrogens (primary N) is 1. The number of cyclic esters (lactones) is 1. The molecule has 5 aliphatic rings. The van der Waals surface area contributed by atoms with E-state index in [-0.39, 0.29) is 32.5 Å². The second-order valence-corrected chi connectivity index (χ2v) is 16.9. The molecule has 1 spiro atoms. The van der Waals surface area contributed by atoms with Crippen molar-refractivity contribution in [3.63, 3.8) is 0 Å². The Morgan fingerprint density at radius 1 is 0.848 bits per heavy atom. The van der Waals surface area contributed by atoms with E-state index < -0.39 is 53.5 Å². The molecule has 10 rings (SSSR count). The molecule has 15 heteroatoms. The summed E-state index contributed by atoms with van der Waals surface area (Å²) in [5.41, 5.74) is 8.13. The number of para-hydroxylation sites is 1. The third-order valence-electron chi connectivity index (χ3n) is 13.2. The van der Waals surface area contributed by atoms with Gasteiger partial charge in [0.05, 0.1) is 31.2 Å². The minimum Gasteiger partial charge on any atom is -0.491 e. The number of hydrogen-bond acceptors (Lipinski definition) is 11. The Bertz CT molecular complexity index is 2740. The van der Waals surface area contributed by atoms with Crippen LogP contribution in [0.5, 0.6) is 17.2 Å². The number of morpholine rings is 1. The first-order valence-corrected chi connectivity index (χ1v) is 22.0. The van der Waals surface area contributed by atoms with Gasteiger partial charge in [-0.1, -0.05) is 96.8 Å². The van der Waals surface area contributed by atoms with Gasteiger partial charge in [0, 0.05) is 49.5 Å². The molecule has 66 heavy (non-hydrogen) atoms. The second-order valence-electron chi connectivity index (χ2n) is 16.9. The molecule has 0 aliphatic carbocycles. The van der Waals surface area contributed by atoms with Crippen LogP contribution in [0.15, 0.2) is 121 Å². The first-order valence-electron chi connectivity index (χ1n) is 22.0. The smallest absolute Gasteiger partial charge is 0.324 e. The fourth-order valence-electron chi connectivity index (χ4n) is 10.5. The molecular formula is C51H48N6O9. The van der Waals surface area contributed by atoms with Crippen molar-refractivity contribution in [3.8, 4) is 29.1 Å². The number of piperazine rings is 1. The van der Waals surface area contributed by atoms with Crippen molar-refractivity contribution < 1.29 is 43.2 Å². The number of benzene rings is 5. The lowest BCUT2D eigenvalue weighted by Gasteiger charge is -2.46. The van der Waals surface area contributed by atoms with Crippen molar-refractivity contribution >= 4 is 29.5 Å². The molecule has 0 saturated carbocycles. The second kappa shape index (κ2) is 17.9. The van der Waals surface area contributed by atoms with Gasteiger partial charge in [0.25, 0.3) is 0 Å². The number of carbonyl (C=O) groups excluding carboxylic acids is 4. The number of nitrogens with one attached hydrogen (secondary N) is 2. The number of anilines is 1. The number of aliphatic hydroxyl groups is 1. The number of carbonyl (C=O) groups is 4. The molecule has 5 N–H and O–H groups in total. The highest BCUT2D eigenvalue weighted by molar-refractivity contribution is 6.12. The number of aliphatic hydroxyl groups excluding tert-OH is 1. The number of urea groups is 1. The number of nitrogens with zero attached hydrogens (tertiary/aromatic N) is 3. The number of primary amides is 1. The van der Waals surface area contributed by atoms with Gasteiger partial charge in [0.2, 0.25) is 18.6 Å². The fraction of sp³-hybridized carbons (Fsp3) is 0.294. The summed E-state index contributed by atoms with van der Waals surface area (Å²) in [4.78, 5) is 64.6. The van der Waals surface area contributed by atoms with Crippen LogP contribution in [-0.2, 0) is 31.1 Å². The van der Waals surface area contributed by atoms with E-state index in [9.17, 15) is 9.90 Å². The third-order valence-corrected chi connectivity index (χ3v) is 13.2. The number of amides is 4. The quantitative estimate of drug-likeness (QED) is 0.115. The fourth-order valence-corrected chi connectivity index (χ4v) is 10.5. The summed E-state index contributed by atoms with van der Waals surface area (Å²) in [6.07, 6.45) is -0.852. The molecular weight excluding hydrogens is 841 g/mol. The maximum atomic E-state index is 16.0. The van der Waals surface area contributed by atoms with Gasteiger partial charge in [-0.2, -0.15) is 0 Å². The van der Waals surface area contributed by atoms with Gasteiger partial charge in [-0.3, -0.25) is 24.2 Å². The number of ether oxygens (including phenoxy) is 4. The molecule has 15 nitrogen and oxygen atoms in total. The predicted octanol–water partition coefficient (Wildman–Crippen LogP) is 4.42. The molecule has 336 valence electrons. The van der Waals surface area contributed by atoms with Gasteiger partial charge in [-0.25, -0.2) is 4.79 Å². The summed E-state index contributed by atoms with van der Waals surface area (Å²) in [5, 5.41) is 15.6. The van der Waals surface area contributed by atoms with E-state index in [1.807, 2.05) is 102 Å². The lowest BCUT2D eigenvalue weighted by molar-refractivity contribution is -0.179. The normalized spacial score (nSPS) is 24.1. The molecule has 0 bridgehead atoms. The van der Waals surface area contributed by atoms with Crippen LogP contribution in [0, 0.1) is 17.8 Å². The monoisotopic (exact) mass is 888 g/mol. The SMILES string of the molecule is NC(=O)NCC#Cc1ccc2c(c1)C1(C(=O)N2)C(C(=O)N2CCN(Cc3ccc4c(c3)OCO4)CC2)C2C(=O)OC(c3ccccc3)C(c3ccccc3)N2C1c1ccccc1OCCO. The summed E-state index contributed by atoms with van der Waals surface area (Å²) in [5.74, 6) is 5.03. The van der Waals surface area contributed by atoms with Crippen LogP contribution in [-0.4, -0.2) is 102 Å². The summed E-state index contributed by atoms with van der Waals surface area (Å²) in [6, 6.07) is 34.0. The van der Waals surface area contributed by atoms with E-state index in [0.29, 0.717) is 72.4 Å². The Balaban J connectivity index is 1.15. The molecule has 0 aromatic heterocycles. The van der Waals surface area contributed by atoms with Crippen molar-refractivity contribution in [1.82, 2.24) is 20.0 Å². The Hall–Kier alpha value is -7.38. The Kier molecular flexibility index (Phi) is 11.5. The first kappa shape index (κ1) is 42.6. The predicted molar refractivity (Wildman–Crippen MR) is 241 cm³/mol. The van der Waals surface area contributed by atoms with Gasteiger partial charge in [0.15, 0.2) is 11.5 Å². The van der Waals surface area contributed by atoms with Crippen LogP contribution in [0.2, 0.25) is 0 Å². The van der Waals surface area contributed by atoms with Crippen molar-refractivity contribution in [2.75, 3.05) is 58.0 Å². The zero-order valence-electron chi connectivity index (χ0n) is 35.9. The highest BCUT2D eigenvalue weighted by atomic mass is 16.7. The van der Waals surface area contributed by atoms with Crippen molar-refractivity contribution in [2.45, 2.75) is 36.2 Å². The van der Waals surface area contributed by atoms with Crippen LogP contribution in [0.1, 0.15) is 51.6 Å². The average Bonchev–Trinajstić information content (AvgIpc) is 4.02. The maximum Gasteiger partial charge on any atom is 0.324 e. The highest BCUT2D eigenvalue weighted by Gasteiger charge is 2.74. The van der Waals surface area contributed by atoms with E-state index >= 15 is 14.4 Å². The molecule has 5 aliphatic heterocycles. The molecule has 6 atom stereocenters. The van der Waals surface area contributed by atoms with E-state index in [1.54, 1.807) is 29.2 Å². The summed E-state index contributed by atoms with van der Waals surface area (Å²) in [7, 11) is 0. The first-order chi connectivity index (χ1) is 32.3. The zero-order valence-corrected chi connectivity index (χ0v) is 35.9. The summed E-state index contributed by atoms with van der Waals surface area (Å²) < 4.78 is 24.0. The molecule has 5 aromatic carbocycles. The van der Waals surface area contributed by atoms with E-state index in [2.05, 4.69) is 27.4 Å². The minimum atomic E-state index is -1.78. The van der Waals surface area contributed by atoms with Crippen LogP contribution in [0.25, 0.3) is 0 Å². The molecule has 3 saturated heterocycles. The molecule has 5 heterocycles. The van der Waals surface area contributed by atoms with Crippen LogP contribution in [0.4, 0.5) is 10.5 Å². The van der Waals surface area contributed by atoms with Crippen LogP contribution in [0.3, 0.4) is 0 Å². The number of esters is 1. The van der Waals surface area contributed by atoms with E-state index in [0.717, 1.165) is 16.7 Å². The van der Waals surface area contributed by atoms with Crippen molar-refractivity contribution in [1.29, 1.82) is 0 Å². The summed E-state index contributed by atoms with van der Waals surface area (Å²) >= 11 is 0. The van der Waals surface area contributed by atoms with E-state index in [4.69, 9.17) is 24.7 Å². The number of hydrogen-bond donors (Lipinski definition) is 4. The van der Waals surface area contributed by atoms with E-state index in [1.165, 1.54) is 0 Å². The molecule has 6 unspecified atom stereocenters. The standard InChI is InChI=1S/C51H48N6O9/c52-50(62)53-21-9-10-32-17-19-38-37(28-32)51(49(61)54-38)42(47(59)56-24-22-55(23-25-56)30-33-18-20-40-41(29-33)65-31-64-40)44-48(60)66-45(35-13-5-2-6-14-35)43(34-11-3-1-4-12-34)57(44)46(51)36-15-7-8-16-39(36)63-27-26-58/h1-8,11-20,28-29,42-46,58H,21-27,30-31H2,(H,54,61)(H3,52,53,62). The van der Waals surface area contributed by atoms with Crippen LogP contribution < -0.4 is 30.6 Å². The minimum absolute atomic E-state index is 0.0178. The number of fused-ring (bicyclic) bond motifs is 4. The largest absolute Gasteiger partial charge is 0.491 e. The van der Waals surface area contributed by atoms with Gasteiger partial charge in [-0.15, -0.1) is 0 Å². The highest BCUT2D eigenvalue weighted by Crippen LogP contribution is 2.66. The average molecular weight is 889 g/mol. The molecule has 4 amide bonds. The maximum absolute atomic E-state index is 16.0. The molecule has 3 fully saturated rings. The molecule has 0 radical (unpaired) electrons. The lowest BCUT2D eigenvalue weighted by Crippen LogP contribution is -2.58. The summed E-state index contributed by atoms with van der Waals surface area (Å²) in [6.45, 7) is 2.20. The van der Waals surface area contributed by atoms with Crippen LogP contribution >= 0.6 is 0 Å². The third kappa shape index (κ3) is 7.52. The zero-order chi connectivity index (χ0) is 45.4. The Labute approximate surface area is 381 Å². The Morgan fingerprint density at radius 3 is 2.33 bits per heavy atom. The molecule has 5 aromatic rings. The lowest BCUT2D eigenvalue weighted by atomic mass is 9.64. The van der Waals surface area contributed by atoms with Gasteiger partial charge >= 0.3 is 12.0 Å². The number of rotatable bonds is 10. The van der Waals surface area contributed by atoms with Crippen molar-refractivity contribution in [2.24, 2.45) is 11.7 Å². The van der Waals surface area contributed by atoms with Gasteiger partial charge in [-0.05, 0) is 58.7 Å². The Morgan fingerprint density at radius 2 is 1.58 bits per heavy atom. The topological polar surface area (TPSA) is 185 Å².